The summed E-state index contributed by atoms with van der Waals surface area (Å²) in [4.78, 5) is 12.2. The van der Waals surface area contributed by atoms with Crippen molar-refractivity contribution in [1.29, 1.82) is 0 Å². The molecule has 1 fully saturated rings. The van der Waals surface area contributed by atoms with Crippen molar-refractivity contribution >= 4 is 11.6 Å². The van der Waals surface area contributed by atoms with Crippen molar-refractivity contribution in [3.63, 3.8) is 0 Å². The third kappa shape index (κ3) is 3.57. The molecule has 2 unspecified atom stereocenters. The van der Waals surface area contributed by atoms with Crippen LogP contribution in [0.2, 0.25) is 0 Å². The fraction of sp³-hybridized carbons (Fsp3) is 0.562. The number of carbonyl (C=O) groups excluding carboxylic acids is 1. The summed E-state index contributed by atoms with van der Waals surface area (Å²) in [6.07, 6.45) is 3.08. The highest BCUT2D eigenvalue weighted by molar-refractivity contribution is 5.95. The topological polar surface area (TPSA) is 41.1 Å². The standard InChI is InChI=1S/C16H24N2O/c1-4-13-10-14(6-5-12(13)3)18-16(19)15-9-11(2)7-8-17-15/h5-6,10-11,15,17H,4,7-9H2,1-3H3,(H,18,19). The Balaban J connectivity index is 2.02. The second kappa shape index (κ2) is 6.20. The van der Waals surface area contributed by atoms with Crippen LogP contribution in [0.1, 0.15) is 37.8 Å². The summed E-state index contributed by atoms with van der Waals surface area (Å²) in [6.45, 7) is 7.39. The minimum absolute atomic E-state index is 0.0462. The lowest BCUT2D eigenvalue weighted by Gasteiger charge is -2.27. The molecule has 0 saturated carbocycles. The molecule has 2 atom stereocenters. The number of hydrogen-bond donors (Lipinski definition) is 2. The SMILES string of the molecule is CCc1cc(NC(=O)C2CC(C)CCN2)ccc1C. The Morgan fingerprint density at radius 2 is 2.26 bits per heavy atom. The van der Waals surface area contributed by atoms with Crippen LogP contribution in [-0.4, -0.2) is 18.5 Å². The number of piperidine rings is 1. The van der Waals surface area contributed by atoms with E-state index in [0.29, 0.717) is 5.92 Å². The first kappa shape index (κ1) is 14.1. The van der Waals surface area contributed by atoms with E-state index in [9.17, 15) is 4.79 Å². The molecule has 2 rings (SSSR count). The Hall–Kier alpha value is -1.35. The summed E-state index contributed by atoms with van der Waals surface area (Å²) in [5.74, 6) is 0.721. The van der Waals surface area contributed by atoms with Crippen molar-refractivity contribution in [2.24, 2.45) is 5.92 Å². The average Bonchev–Trinajstić information content (AvgIpc) is 2.41. The summed E-state index contributed by atoms with van der Waals surface area (Å²) in [6, 6.07) is 6.10. The minimum atomic E-state index is -0.0462. The van der Waals surface area contributed by atoms with Crippen molar-refractivity contribution in [2.75, 3.05) is 11.9 Å². The van der Waals surface area contributed by atoms with Gasteiger partial charge in [-0.1, -0.05) is 19.9 Å². The van der Waals surface area contributed by atoms with Crippen LogP contribution >= 0.6 is 0 Å². The second-order valence-corrected chi connectivity index (χ2v) is 5.62. The zero-order chi connectivity index (χ0) is 13.8. The highest BCUT2D eigenvalue weighted by Gasteiger charge is 2.24. The molecule has 0 radical (unpaired) electrons. The van der Waals surface area contributed by atoms with Crippen LogP contribution in [0.25, 0.3) is 0 Å². The average molecular weight is 260 g/mol. The molecule has 2 N–H and O–H groups in total. The fourth-order valence-electron chi connectivity index (χ4n) is 2.67. The van der Waals surface area contributed by atoms with Gasteiger partial charge in [0, 0.05) is 5.69 Å². The summed E-state index contributed by atoms with van der Waals surface area (Å²) in [7, 11) is 0. The van der Waals surface area contributed by atoms with Gasteiger partial charge in [-0.05, 0) is 61.9 Å². The molecular weight excluding hydrogens is 236 g/mol. The molecule has 1 aliphatic heterocycles. The quantitative estimate of drug-likeness (QED) is 0.877. The number of benzene rings is 1. The van der Waals surface area contributed by atoms with E-state index in [-0.39, 0.29) is 11.9 Å². The van der Waals surface area contributed by atoms with E-state index in [1.807, 2.05) is 6.07 Å². The predicted molar refractivity (Wildman–Crippen MR) is 79.4 cm³/mol. The van der Waals surface area contributed by atoms with E-state index in [4.69, 9.17) is 0 Å². The van der Waals surface area contributed by atoms with Gasteiger partial charge in [-0.25, -0.2) is 0 Å². The highest BCUT2D eigenvalue weighted by Crippen LogP contribution is 2.19. The largest absolute Gasteiger partial charge is 0.325 e. The fourth-order valence-corrected chi connectivity index (χ4v) is 2.67. The Morgan fingerprint density at radius 3 is 2.95 bits per heavy atom. The van der Waals surface area contributed by atoms with E-state index in [2.05, 4.69) is 43.5 Å². The molecule has 1 amide bonds. The van der Waals surface area contributed by atoms with Crippen LogP contribution in [-0.2, 0) is 11.2 Å². The maximum atomic E-state index is 12.2. The Morgan fingerprint density at radius 1 is 1.47 bits per heavy atom. The van der Waals surface area contributed by atoms with E-state index in [1.165, 1.54) is 11.1 Å². The lowest BCUT2D eigenvalue weighted by molar-refractivity contribution is -0.119. The maximum absolute atomic E-state index is 12.2. The summed E-state index contributed by atoms with van der Waals surface area (Å²) in [5.41, 5.74) is 3.49. The molecule has 0 aliphatic carbocycles. The second-order valence-electron chi connectivity index (χ2n) is 5.62. The van der Waals surface area contributed by atoms with Gasteiger partial charge in [-0.3, -0.25) is 4.79 Å². The number of amides is 1. The zero-order valence-corrected chi connectivity index (χ0v) is 12.1. The third-order valence-corrected chi connectivity index (χ3v) is 3.98. The van der Waals surface area contributed by atoms with Gasteiger partial charge in [-0.15, -0.1) is 0 Å². The monoisotopic (exact) mass is 260 g/mol. The van der Waals surface area contributed by atoms with Gasteiger partial charge >= 0.3 is 0 Å². The molecule has 3 nitrogen and oxygen atoms in total. The van der Waals surface area contributed by atoms with Crippen LogP contribution in [0.3, 0.4) is 0 Å². The van der Waals surface area contributed by atoms with Gasteiger partial charge < -0.3 is 10.6 Å². The number of nitrogens with one attached hydrogen (secondary N) is 2. The van der Waals surface area contributed by atoms with E-state index < -0.39 is 0 Å². The Labute approximate surface area is 115 Å². The predicted octanol–water partition coefficient (Wildman–Crippen LogP) is 2.88. The first-order valence-electron chi connectivity index (χ1n) is 7.24. The molecule has 0 spiro atoms. The van der Waals surface area contributed by atoms with Crippen molar-refractivity contribution in [2.45, 2.75) is 46.1 Å². The number of carbonyl (C=O) groups is 1. The molecule has 104 valence electrons. The Bertz CT molecular complexity index is 456. The molecule has 1 saturated heterocycles. The molecule has 19 heavy (non-hydrogen) atoms. The van der Waals surface area contributed by atoms with E-state index in [1.54, 1.807) is 0 Å². The molecule has 1 aliphatic rings. The lowest BCUT2D eigenvalue weighted by Crippen LogP contribution is -2.45. The number of aryl methyl sites for hydroxylation is 2. The van der Waals surface area contributed by atoms with Crippen LogP contribution in [0.15, 0.2) is 18.2 Å². The highest BCUT2D eigenvalue weighted by atomic mass is 16.2. The van der Waals surface area contributed by atoms with Gasteiger partial charge in [0.1, 0.15) is 0 Å². The van der Waals surface area contributed by atoms with Crippen molar-refractivity contribution in [3.8, 4) is 0 Å². The summed E-state index contributed by atoms with van der Waals surface area (Å²) in [5, 5.41) is 6.33. The van der Waals surface area contributed by atoms with Crippen molar-refractivity contribution < 1.29 is 4.79 Å². The lowest BCUT2D eigenvalue weighted by atomic mass is 9.94. The van der Waals surface area contributed by atoms with Gasteiger partial charge in [0.25, 0.3) is 0 Å². The molecule has 0 bridgehead atoms. The van der Waals surface area contributed by atoms with Crippen LogP contribution in [0.5, 0.6) is 0 Å². The van der Waals surface area contributed by atoms with Crippen LogP contribution < -0.4 is 10.6 Å². The molecule has 1 aromatic rings. The first-order valence-corrected chi connectivity index (χ1v) is 7.24. The van der Waals surface area contributed by atoms with Gasteiger partial charge in [0.15, 0.2) is 0 Å². The summed E-state index contributed by atoms with van der Waals surface area (Å²) >= 11 is 0. The third-order valence-electron chi connectivity index (χ3n) is 3.98. The molecular formula is C16H24N2O. The van der Waals surface area contributed by atoms with Crippen molar-refractivity contribution in [1.82, 2.24) is 5.32 Å². The normalized spacial score (nSPS) is 23.1. The zero-order valence-electron chi connectivity index (χ0n) is 12.1. The van der Waals surface area contributed by atoms with Gasteiger partial charge in [0.05, 0.1) is 6.04 Å². The van der Waals surface area contributed by atoms with Gasteiger partial charge in [0.2, 0.25) is 5.91 Å². The van der Waals surface area contributed by atoms with E-state index in [0.717, 1.165) is 31.5 Å². The molecule has 3 heteroatoms. The number of rotatable bonds is 3. The Kier molecular flexibility index (Phi) is 4.59. The maximum Gasteiger partial charge on any atom is 0.241 e. The first-order chi connectivity index (χ1) is 9.10. The van der Waals surface area contributed by atoms with Crippen LogP contribution in [0, 0.1) is 12.8 Å². The van der Waals surface area contributed by atoms with E-state index >= 15 is 0 Å². The summed E-state index contributed by atoms with van der Waals surface area (Å²) < 4.78 is 0. The number of anilines is 1. The molecule has 1 heterocycles. The van der Waals surface area contributed by atoms with Crippen LogP contribution in [0.4, 0.5) is 5.69 Å². The minimum Gasteiger partial charge on any atom is -0.325 e. The molecule has 1 aromatic carbocycles. The van der Waals surface area contributed by atoms with Crippen molar-refractivity contribution in [3.05, 3.63) is 29.3 Å². The van der Waals surface area contributed by atoms with Gasteiger partial charge in [-0.2, -0.15) is 0 Å². The number of hydrogen-bond acceptors (Lipinski definition) is 2. The molecule has 0 aromatic heterocycles. The smallest absolute Gasteiger partial charge is 0.241 e.